The molecule has 438 valence electrons. The summed E-state index contributed by atoms with van der Waals surface area (Å²) in [6, 6.07) is 30.4. The first-order chi connectivity index (χ1) is 38.6. The molecule has 4 unspecified atom stereocenters. The van der Waals surface area contributed by atoms with Crippen LogP contribution in [0.3, 0.4) is 0 Å². The zero-order valence-corrected chi connectivity index (χ0v) is 47.4. The Balaban J connectivity index is 0.000000148. The predicted molar refractivity (Wildman–Crippen MR) is 301 cm³/mol. The van der Waals surface area contributed by atoms with Crippen molar-refractivity contribution in [3.8, 4) is 0 Å². The summed E-state index contributed by atoms with van der Waals surface area (Å²) in [6.45, 7) is 14.1. The van der Waals surface area contributed by atoms with Crippen LogP contribution in [-0.4, -0.2) is 154 Å². The van der Waals surface area contributed by atoms with Crippen LogP contribution in [-0.2, 0) is 57.8 Å². The van der Waals surface area contributed by atoms with Gasteiger partial charge in [0.15, 0.2) is 5.41 Å². The van der Waals surface area contributed by atoms with E-state index in [0.29, 0.717) is 81.7 Å². The molecule has 0 radical (unpaired) electrons. The zero-order chi connectivity index (χ0) is 57.3. The van der Waals surface area contributed by atoms with Crippen molar-refractivity contribution in [3.05, 3.63) is 119 Å². The van der Waals surface area contributed by atoms with Gasteiger partial charge in [-0.15, -0.1) is 0 Å². The van der Waals surface area contributed by atoms with Gasteiger partial charge in [0, 0.05) is 63.1 Å². The highest BCUT2D eigenvalue weighted by Gasteiger charge is 2.60. The number of nitrogens with one attached hydrogen (secondary N) is 1. The van der Waals surface area contributed by atoms with Crippen molar-refractivity contribution in [2.24, 2.45) is 33.5 Å². The fraction of sp³-hybridized carbons (Fsp3) is 0.603. The van der Waals surface area contributed by atoms with Gasteiger partial charge in [-0.2, -0.15) is 0 Å². The maximum absolute atomic E-state index is 12.6. The van der Waals surface area contributed by atoms with Crippen molar-refractivity contribution in [1.82, 2.24) is 20.0 Å². The number of aliphatic hydroxyl groups is 5. The third-order valence-electron chi connectivity index (χ3n) is 17.2. The predicted octanol–water partition coefficient (Wildman–Crippen LogP) is 6.65. The molecule has 0 spiro atoms. The Bertz CT molecular complexity index is 2490. The Kier molecular flexibility index (Phi) is 22.3. The molecule has 80 heavy (non-hydrogen) atoms. The molecular formula is C63H88N4O13. The molecule has 0 aromatic heterocycles. The number of hydrogen-bond acceptors (Lipinski definition) is 15. The summed E-state index contributed by atoms with van der Waals surface area (Å²) < 4.78 is 14.6. The summed E-state index contributed by atoms with van der Waals surface area (Å²) in [7, 11) is 0. The van der Waals surface area contributed by atoms with Crippen molar-refractivity contribution in [2.45, 2.75) is 136 Å². The van der Waals surface area contributed by atoms with Crippen molar-refractivity contribution in [3.63, 3.8) is 0 Å². The lowest BCUT2D eigenvalue weighted by Crippen LogP contribution is -2.34. The first kappa shape index (κ1) is 61.9. The molecule has 4 saturated carbocycles. The van der Waals surface area contributed by atoms with E-state index >= 15 is 0 Å². The molecule has 4 atom stereocenters. The number of hydrogen-bond donors (Lipinski definition) is 6. The van der Waals surface area contributed by atoms with Gasteiger partial charge in [-0.05, 0) is 139 Å². The van der Waals surface area contributed by atoms with Crippen LogP contribution >= 0.6 is 0 Å². The second-order valence-corrected chi connectivity index (χ2v) is 23.0. The molecule has 4 aliphatic heterocycles. The first-order valence-electron chi connectivity index (χ1n) is 29.3. The van der Waals surface area contributed by atoms with Gasteiger partial charge in [0.1, 0.15) is 11.2 Å². The van der Waals surface area contributed by atoms with Crippen LogP contribution < -0.4 is 5.32 Å². The third kappa shape index (κ3) is 15.9. The summed E-state index contributed by atoms with van der Waals surface area (Å²) >= 11 is 0. The number of nitrogens with zero attached hydrogens (tertiary/aromatic N) is 3. The Labute approximate surface area is 472 Å². The van der Waals surface area contributed by atoms with Crippen molar-refractivity contribution >= 4 is 29.7 Å². The van der Waals surface area contributed by atoms with Gasteiger partial charge in [0.25, 0.3) is 5.91 Å². The minimum atomic E-state index is -0.968. The molecule has 3 aromatic carbocycles. The number of benzene rings is 3. The molecule has 2 amide bonds. The SMILES string of the molecule is CCOC(=O)C1(/C(O)=C2\CCN(Cc3ccccc3)C2=O)CC1.CCOC(=O)C1(C(=O)OCC)CC1.O=C1CCCN1Cc1ccccc1.OCC1(C(O)C2CCN(Cc3ccccc3)C2)CC1.OCC1(C(O)C2CCNC2)CC1. The topological polar surface area (TPSA) is 236 Å². The number of carbonyl (C=O) groups excluding carboxylic acids is 5. The van der Waals surface area contributed by atoms with Gasteiger partial charge in [0.05, 0.1) is 50.8 Å². The van der Waals surface area contributed by atoms with E-state index in [0.717, 1.165) is 103 Å². The summed E-state index contributed by atoms with van der Waals surface area (Å²) in [4.78, 5) is 64.6. The van der Waals surface area contributed by atoms with Gasteiger partial charge in [-0.3, -0.25) is 28.9 Å². The van der Waals surface area contributed by atoms with E-state index in [1.165, 1.54) is 11.1 Å². The minimum absolute atomic E-state index is 0.0727. The van der Waals surface area contributed by atoms with Gasteiger partial charge in [-0.25, -0.2) is 0 Å². The van der Waals surface area contributed by atoms with E-state index < -0.39 is 28.7 Å². The van der Waals surface area contributed by atoms with Crippen LogP contribution in [0.2, 0.25) is 0 Å². The van der Waals surface area contributed by atoms with E-state index in [-0.39, 0.29) is 54.5 Å². The van der Waals surface area contributed by atoms with Gasteiger partial charge >= 0.3 is 17.9 Å². The number of carbonyl (C=O) groups is 5. The molecule has 8 aliphatic rings. The lowest BCUT2D eigenvalue weighted by atomic mass is 9.88. The third-order valence-corrected chi connectivity index (χ3v) is 17.2. The molecule has 17 nitrogen and oxygen atoms in total. The Morgan fingerprint density at radius 3 is 1.46 bits per heavy atom. The second kappa shape index (κ2) is 28.8. The molecule has 6 N–H and O–H groups in total. The zero-order valence-electron chi connectivity index (χ0n) is 47.4. The van der Waals surface area contributed by atoms with E-state index in [4.69, 9.17) is 19.3 Å². The van der Waals surface area contributed by atoms with E-state index in [1.54, 1.807) is 25.7 Å². The number of aliphatic hydroxyl groups excluding tert-OH is 5. The van der Waals surface area contributed by atoms with Crippen LogP contribution in [0, 0.1) is 33.5 Å². The smallest absolute Gasteiger partial charge is 0.323 e. The maximum atomic E-state index is 12.6. The summed E-state index contributed by atoms with van der Waals surface area (Å²) in [5, 5.41) is 52.7. The number of likely N-dealkylation sites (tertiary alicyclic amines) is 3. The lowest BCUT2D eigenvalue weighted by molar-refractivity contribution is -0.164. The van der Waals surface area contributed by atoms with Crippen LogP contribution in [0.1, 0.15) is 121 Å². The molecule has 4 aliphatic carbocycles. The van der Waals surface area contributed by atoms with Crippen LogP contribution in [0.4, 0.5) is 0 Å². The molecule has 11 rings (SSSR count). The average Bonchev–Trinajstić information content (AvgIpc) is 4.57. The Morgan fingerprint density at radius 1 is 0.588 bits per heavy atom. The first-order valence-corrected chi connectivity index (χ1v) is 29.3. The van der Waals surface area contributed by atoms with E-state index in [2.05, 4.69) is 46.6 Å². The van der Waals surface area contributed by atoms with E-state index in [9.17, 15) is 44.4 Å². The van der Waals surface area contributed by atoms with Crippen molar-refractivity contribution in [1.29, 1.82) is 0 Å². The second-order valence-electron chi connectivity index (χ2n) is 23.0. The largest absolute Gasteiger partial charge is 0.511 e. The average molecular weight is 1110 g/mol. The fourth-order valence-corrected chi connectivity index (χ4v) is 11.3. The number of amides is 2. The van der Waals surface area contributed by atoms with Gasteiger partial charge < -0.3 is 54.9 Å². The van der Waals surface area contributed by atoms with Gasteiger partial charge in [0.2, 0.25) is 5.91 Å². The minimum Gasteiger partial charge on any atom is -0.511 e. The lowest BCUT2D eigenvalue weighted by Gasteiger charge is -2.26. The quantitative estimate of drug-likeness (QED) is 0.0243. The number of rotatable bonds is 19. The Morgan fingerprint density at radius 2 is 1.05 bits per heavy atom. The molecular weight excluding hydrogens is 1020 g/mol. The molecule has 3 aromatic rings. The highest BCUT2D eigenvalue weighted by Crippen LogP contribution is 2.54. The standard InChI is InChI=1S/C18H21NO4.C16H23NO2.C11H13NO.C9H17NO2.C9H14O4/c1-2-23-17(22)18(9-10-18)15(20)14-8-11-19(16(14)21)12-13-6-4-3-5-7-13;18-12-16(7-8-16)15(19)14-6-9-17(11-14)10-13-4-2-1-3-5-13;13-11-7-4-8-12(11)9-10-5-2-1-3-6-10;11-6-9(2-3-9)8(12)7-1-4-10-5-7;1-3-12-7(10)9(5-6-9)8(11)13-4-2/h3-7,20H,2,8-12H2,1H3;1-5,14-15,18-19H,6-12H2;1-3,5-6H,4,7-9H2;7-8,10-12H,1-6H2;3-6H2,1-2H3/b15-14-;;;;. The Hall–Kier alpha value is -5.69. The number of esters is 3. The molecule has 8 fully saturated rings. The van der Waals surface area contributed by atoms with Crippen molar-refractivity contribution < 1.29 is 63.7 Å². The molecule has 4 heterocycles. The van der Waals surface area contributed by atoms with E-state index in [1.807, 2.05) is 59.5 Å². The van der Waals surface area contributed by atoms with Gasteiger partial charge in [-0.1, -0.05) is 91.0 Å². The van der Waals surface area contributed by atoms with Crippen LogP contribution in [0.15, 0.2) is 102 Å². The van der Waals surface area contributed by atoms with Crippen LogP contribution in [0.25, 0.3) is 0 Å². The normalized spacial score (nSPS) is 23.4. The van der Waals surface area contributed by atoms with Crippen molar-refractivity contribution in [2.75, 3.05) is 72.3 Å². The molecule has 0 bridgehead atoms. The summed E-state index contributed by atoms with van der Waals surface area (Å²) in [5.74, 6) is -0.540. The molecule has 4 saturated heterocycles. The highest BCUT2D eigenvalue weighted by atomic mass is 16.6. The fourth-order valence-electron chi connectivity index (χ4n) is 11.3. The highest BCUT2D eigenvalue weighted by molar-refractivity contribution is 6.03. The summed E-state index contributed by atoms with van der Waals surface area (Å²) in [5.41, 5.74) is 1.78. The molecule has 17 heteroatoms. The monoisotopic (exact) mass is 1110 g/mol. The van der Waals surface area contributed by atoms with Crippen LogP contribution in [0.5, 0.6) is 0 Å². The number of ether oxygens (including phenoxy) is 3. The maximum Gasteiger partial charge on any atom is 0.323 e. The summed E-state index contributed by atoms with van der Waals surface area (Å²) in [6.07, 6.45) is 9.92.